The lowest BCUT2D eigenvalue weighted by Crippen LogP contribution is -2.02. The zero-order chi connectivity index (χ0) is 87.4. The van der Waals surface area contributed by atoms with Crippen molar-refractivity contribution in [1.82, 2.24) is 29.9 Å². The lowest BCUT2D eigenvalue weighted by atomic mass is 9.73. The fourth-order valence-corrected chi connectivity index (χ4v) is 20.0. The first kappa shape index (κ1) is 77.9. The van der Waals surface area contributed by atoms with E-state index in [9.17, 15) is 0 Å². The van der Waals surface area contributed by atoms with Gasteiger partial charge in [0.1, 0.15) is 0 Å². The Balaban J connectivity index is 0.826. The van der Waals surface area contributed by atoms with Crippen LogP contribution in [0.15, 0.2) is 485 Å². The first-order chi connectivity index (χ1) is 65.5. The van der Waals surface area contributed by atoms with Gasteiger partial charge in [-0.3, -0.25) is 0 Å². The fourth-order valence-electron chi connectivity index (χ4n) is 20.0. The van der Waals surface area contributed by atoms with Crippen LogP contribution in [-0.2, 0) is 0 Å². The van der Waals surface area contributed by atoms with Gasteiger partial charge in [0.2, 0.25) is 0 Å². The van der Waals surface area contributed by atoms with Crippen LogP contribution < -0.4 is 0 Å². The summed E-state index contributed by atoms with van der Waals surface area (Å²) in [7, 11) is 0. The Hall–Kier alpha value is -17.6. The second-order valence-corrected chi connectivity index (χ2v) is 33.7. The first-order valence-electron chi connectivity index (χ1n) is 45.0. The van der Waals surface area contributed by atoms with Gasteiger partial charge in [0.15, 0.2) is 34.9 Å². The van der Waals surface area contributed by atoms with Gasteiger partial charge in [0.25, 0.3) is 0 Å². The van der Waals surface area contributed by atoms with Crippen molar-refractivity contribution in [1.29, 1.82) is 0 Å². The van der Waals surface area contributed by atoms with Gasteiger partial charge in [0, 0.05) is 33.4 Å². The molecule has 22 aromatic carbocycles. The van der Waals surface area contributed by atoms with Gasteiger partial charge >= 0.3 is 0 Å². The highest BCUT2D eigenvalue weighted by molar-refractivity contribution is 6.46. The molecule has 0 bridgehead atoms. The largest absolute Gasteiger partial charge is 0.208 e. The highest BCUT2D eigenvalue weighted by atomic mass is 15.0. The molecule has 24 rings (SSSR count). The molecule has 0 radical (unpaired) electrons. The van der Waals surface area contributed by atoms with Crippen LogP contribution in [0.4, 0.5) is 0 Å². The Bertz CT molecular complexity index is 7900. The van der Waals surface area contributed by atoms with E-state index in [2.05, 4.69) is 449 Å². The lowest BCUT2D eigenvalue weighted by molar-refractivity contribution is 1.07. The molecule has 0 unspecified atom stereocenters. The molecule has 132 heavy (non-hydrogen) atoms. The van der Waals surface area contributed by atoms with E-state index in [4.69, 9.17) is 29.9 Å². The molecule has 0 atom stereocenters. The van der Waals surface area contributed by atoms with Crippen LogP contribution in [0, 0.1) is 0 Å². The summed E-state index contributed by atoms with van der Waals surface area (Å²) >= 11 is 0. The molecule has 0 aliphatic rings. The van der Waals surface area contributed by atoms with Gasteiger partial charge < -0.3 is 0 Å². The monoisotopic (exact) mass is 1680 g/mol. The Morgan fingerprint density at radius 3 is 0.439 bits per heavy atom. The minimum atomic E-state index is 0.532. The summed E-state index contributed by atoms with van der Waals surface area (Å²) in [6.07, 6.45) is 0. The average Bonchev–Trinajstić information content (AvgIpc) is 0.670. The predicted molar refractivity (Wildman–Crippen MR) is 550 cm³/mol. The number of rotatable bonds is 18. The van der Waals surface area contributed by atoms with Crippen LogP contribution in [0.1, 0.15) is 0 Å². The summed E-state index contributed by atoms with van der Waals surface area (Å²) in [6.45, 7) is 0. The van der Waals surface area contributed by atoms with Crippen molar-refractivity contribution in [2.45, 2.75) is 0 Å². The highest BCUT2D eigenvalue weighted by Crippen LogP contribution is 2.61. The topological polar surface area (TPSA) is 77.3 Å². The number of aromatic nitrogens is 6. The molecule has 0 aliphatic heterocycles. The van der Waals surface area contributed by atoms with Crippen molar-refractivity contribution in [3.8, 4) is 202 Å². The number of hydrogen-bond acceptors (Lipinski definition) is 6. The second kappa shape index (κ2) is 33.6. The zero-order valence-corrected chi connectivity index (χ0v) is 71.9. The van der Waals surface area contributed by atoms with Crippen LogP contribution in [0.25, 0.3) is 256 Å². The van der Waals surface area contributed by atoms with Gasteiger partial charge in [-0.2, -0.15) is 0 Å². The summed E-state index contributed by atoms with van der Waals surface area (Å²) in [6, 6.07) is 176. The van der Waals surface area contributed by atoms with Crippen LogP contribution in [-0.4, -0.2) is 29.9 Å². The Morgan fingerprint density at radius 2 is 0.235 bits per heavy atom. The first-order valence-corrected chi connectivity index (χ1v) is 45.0. The summed E-state index contributed by atoms with van der Waals surface area (Å²) in [5, 5.41) is 11.5. The van der Waals surface area contributed by atoms with Crippen LogP contribution in [0.2, 0.25) is 0 Å². The third-order valence-corrected chi connectivity index (χ3v) is 25.8. The summed E-state index contributed by atoms with van der Waals surface area (Å²) < 4.78 is 0. The van der Waals surface area contributed by atoms with E-state index in [0.717, 1.165) is 177 Å². The molecule has 24 aromatic rings. The lowest BCUT2D eigenvalue weighted by Gasteiger charge is -2.29. The zero-order valence-electron chi connectivity index (χ0n) is 71.9. The average molecular weight is 1680 g/mol. The molecule has 6 heteroatoms. The van der Waals surface area contributed by atoms with Gasteiger partial charge in [0.05, 0.1) is 0 Å². The van der Waals surface area contributed by atoms with Crippen molar-refractivity contribution in [2.24, 2.45) is 0 Å². The fraction of sp³-hybridized carbons (Fsp3) is 0. The minimum absolute atomic E-state index is 0.532. The molecule has 6 nitrogen and oxygen atoms in total. The molecule has 2 heterocycles. The van der Waals surface area contributed by atoms with E-state index < -0.39 is 0 Å². The van der Waals surface area contributed by atoms with Crippen molar-refractivity contribution < 1.29 is 0 Å². The molecule has 0 saturated carbocycles. The SMILES string of the molecule is c1ccc(-c2cc(-c3ccccc3)cc(-c3nc(-c4ccc(-c5c(-c6ccccc6)c(-c6ccccc6)c(-c6ccc(-c7nc(-c8ccccc8)nc(-c8ccccc8)n7)cc6)c6c7cccc8c9c(-c%10ccccc%10)c(-c%10ccccc%10)c(-c%10ccccc%10)c(-c%10ccccc%10)c9c9cccc(c56)c9c87)cc4)nc(-c4cc(-c5ccccc5)cc(-c5ccccc5)c4)n3)c2)cc1. The number of fused-ring (bicyclic) bond motifs is 6. The molecular formula is C126H80N6. The third kappa shape index (κ3) is 14.1. The van der Waals surface area contributed by atoms with Crippen LogP contribution >= 0.6 is 0 Å². The molecule has 0 aliphatic carbocycles. The molecule has 0 N–H and O–H groups in total. The van der Waals surface area contributed by atoms with E-state index in [1.54, 1.807) is 0 Å². The van der Waals surface area contributed by atoms with Gasteiger partial charge in [-0.05, 0) is 224 Å². The molecule has 0 fully saturated rings. The molecule has 0 saturated heterocycles. The summed E-state index contributed by atoms with van der Waals surface area (Å²) in [4.78, 5) is 32.8. The van der Waals surface area contributed by atoms with Crippen LogP contribution in [0.5, 0.6) is 0 Å². The number of benzene rings is 22. The van der Waals surface area contributed by atoms with Crippen LogP contribution in [0.3, 0.4) is 0 Å². The molecule has 0 spiro atoms. The Kier molecular flexibility index (Phi) is 19.9. The molecule has 0 amide bonds. The standard InChI is InChI=1S/C126H80N6/c1-13-39-81(40-14-1)97-75-98(82-41-15-2-16-42-82)78-101(77-97)125-130-124(131-126(132-125)102-79-99(83-43-17-3-18-44-83)76-100(80-102)84-45-19-4-20-46-84)96-73-69-92(70-74-96)114-110(88-53-27-8-28-54-88)109(87-51-25-7-26-52-87)113(91-67-71-95(72-68-91)123-128-121(93-59-33-11-34-60-93)127-122(129-123)94-61-35-12-36-62-94)119-105-65-37-63-103-115(105)116-104(64-38-66-106(116)120(114)119)118-112(90-57-31-10-32-58-90)108(86-49-23-6-24-50-86)107(85-47-21-5-22-48-85)111(117(103)118)89-55-29-9-30-56-89/h1-80H. The van der Waals surface area contributed by atoms with Gasteiger partial charge in [-0.25, -0.2) is 29.9 Å². The highest BCUT2D eigenvalue weighted by Gasteiger charge is 2.33. The van der Waals surface area contributed by atoms with E-state index in [0.29, 0.717) is 34.9 Å². The normalized spacial score (nSPS) is 11.5. The van der Waals surface area contributed by atoms with Crippen molar-refractivity contribution in [3.63, 3.8) is 0 Å². The van der Waals surface area contributed by atoms with E-state index >= 15 is 0 Å². The second-order valence-electron chi connectivity index (χ2n) is 33.7. The van der Waals surface area contributed by atoms with Crippen molar-refractivity contribution >= 4 is 53.9 Å². The third-order valence-electron chi connectivity index (χ3n) is 25.8. The van der Waals surface area contributed by atoms with E-state index in [1.165, 1.54) is 43.8 Å². The molecule has 614 valence electrons. The Labute approximate surface area is 765 Å². The summed E-state index contributed by atoms with van der Waals surface area (Å²) in [5.41, 5.74) is 31.4. The Morgan fingerprint density at radius 1 is 0.0909 bits per heavy atom. The van der Waals surface area contributed by atoms with Gasteiger partial charge in [-0.1, -0.05) is 449 Å². The van der Waals surface area contributed by atoms with Crippen molar-refractivity contribution in [3.05, 3.63) is 485 Å². The maximum absolute atomic E-state index is 5.70. The van der Waals surface area contributed by atoms with Gasteiger partial charge in [-0.15, -0.1) is 0 Å². The molecular weight excluding hydrogens is 1600 g/mol. The maximum Gasteiger partial charge on any atom is 0.164 e. The smallest absolute Gasteiger partial charge is 0.164 e. The summed E-state index contributed by atoms with van der Waals surface area (Å²) in [5.74, 6) is 3.39. The number of hydrogen-bond donors (Lipinski definition) is 0. The minimum Gasteiger partial charge on any atom is -0.208 e. The van der Waals surface area contributed by atoms with Crippen molar-refractivity contribution in [2.75, 3.05) is 0 Å². The van der Waals surface area contributed by atoms with E-state index in [1.807, 2.05) is 36.4 Å². The van der Waals surface area contributed by atoms with E-state index in [-0.39, 0.29) is 0 Å². The predicted octanol–water partition coefficient (Wildman–Crippen LogP) is 33.3. The number of nitrogens with zero attached hydrogens (tertiary/aromatic N) is 6. The molecule has 2 aromatic heterocycles. The maximum atomic E-state index is 5.70. The quantitative estimate of drug-likeness (QED) is 0.0629.